The number of rotatable bonds is 42. The number of aliphatic carboxylic acids is 1. The van der Waals surface area contributed by atoms with Crippen LogP contribution in [0.3, 0.4) is 0 Å². The van der Waals surface area contributed by atoms with Crippen LogP contribution in [0.15, 0.2) is 72.9 Å². The minimum Gasteiger partial charge on any atom is -0.479 e. The number of ether oxygens (including phenoxy) is 4. The molecule has 1 fully saturated rings. The standard InChI is InChI=1S/C54H90O11/c1-3-5-7-9-11-13-15-17-19-21-22-23-24-25-26-27-29-30-32-34-36-38-40-42-47(55)62-44-46(45-63-54-51(59)49(57)50(58)52(65-54)53(60)61)64-48(56)43-41-39-37-35-33-31-28-20-18-16-14-12-10-8-6-4-2/h5,7,11,13-14,16-17,19-20,22-23,28,46,49-52,54,57-59H,3-4,6,8-10,12,15,18,21,24-27,29-45H2,1-2H3,(H,60,61)/b7-5-,13-11-,16-14-,19-17-,23-22-,28-20-. The van der Waals surface area contributed by atoms with Crippen LogP contribution in [0.1, 0.15) is 200 Å². The third-order valence-corrected chi connectivity index (χ3v) is 11.3. The highest BCUT2D eigenvalue weighted by Gasteiger charge is 2.47. The molecule has 65 heavy (non-hydrogen) atoms. The second-order valence-corrected chi connectivity index (χ2v) is 17.3. The van der Waals surface area contributed by atoms with Crippen molar-refractivity contribution in [2.45, 2.75) is 237 Å². The molecular weight excluding hydrogens is 825 g/mol. The highest BCUT2D eigenvalue weighted by molar-refractivity contribution is 5.73. The zero-order chi connectivity index (χ0) is 47.4. The van der Waals surface area contributed by atoms with Gasteiger partial charge in [0.1, 0.15) is 24.9 Å². The zero-order valence-corrected chi connectivity index (χ0v) is 40.5. The van der Waals surface area contributed by atoms with E-state index in [1.165, 1.54) is 64.2 Å². The van der Waals surface area contributed by atoms with Gasteiger partial charge in [-0.2, -0.15) is 0 Å². The lowest BCUT2D eigenvalue weighted by atomic mass is 9.99. The van der Waals surface area contributed by atoms with Crippen LogP contribution in [0.2, 0.25) is 0 Å². The number of unbranched alkanes of at least 4 members (excludes halogenated alkanes) is 19. The largest absolute Gasteiger partial charge is 0.479 e. The first-order valence-electron chi connectivity index (χ1n) is 25.5. The van der Waals surface area contributed by atoms with Crippen molar-refractivity contribution in [3.63, 3.8) is 0 Å². The van der Waals surface area contributed by atoms with Gasteiger partial charge in [-0.05, 0) is 83.5 Å². The molecule has 0 aromatic rings. The fourth-order valence-electron chi connectivity index (χ4n) is 7.31. The van der Waals surface area contributed by atoms with Crippen molar-refractivity contribution in [1.29, 1.82) is 0 Å². The van der Waals surface area contributed by atoms with Crippen LogP contribution in [-0.2, 0) is 33.3 Å². The van der Waals surface area contributed by atoms with Crippen LogP contribution in [0, 0.1) is 0 Å². The number of aliphatic hydroxyl groups excluding tert-OH is 3. The fourth-order valence-corrected chi connectivity index (χ4v) is 7.31. The molecule has 4 N–H and O–H groups in total. The van der Waals surface area contributed by atoms with Gasteiger partial charge in [0.15, 0.2) is 18.5 Å². The number of allylic oxidation sites excluding steroid dienone is 12. The van der Waals surface area contributed by atoms with E-state index in [0.717, 1.165) is 96.3 Å². The number of hydrogen-bond donors (Lipinski definition) is 4. The van der Waals surface area contributed by atoms with Gasteiger partial charge in [-0.1, -0.05) is 177 Å². The maximum absolute atomic E-state index is 12.8. The summed E-state index contributed by atoms with van der Waals surface area (Å²) in [6.45, 7) is 3.68. The average Bonchev–Trinajstić information content (AvgIpc) is 3.29. The van der Waals surface area contributed by atoms with Gasteiger partial charge in [-0.25, -0.2) is 4.79 Å². The van der Waals surface area contributed by atoms with Gasteiger partial charge in [0.25, 0.3) is 0 Å². The first-order valence-corrected chi connectivity index (χ1v) is 25.5. The lowest BCUT2D eigenvalue weighted by molar-refractivity contribution is -0.298. The van der Waals surface area contributed by atoms with Crippen LogP contribution in [0.25, 0.3) is 0 Å². The Morgan fingerprint density at radius 2 is 0.908 bits per heavy atom. The van der Waals surface area contributed by atoms with Crippen LogP contribution in [-0.4, -0.2) is 88.4 Å². The maximum Gasteiger partial charge on any atom is 0.335 e. The summed E-state index contributed by atoms with van der Waals surface area (Å²) >= 11 is 0. The van der Waals surface area contributed by atoms with Crippen LogP contribution >= 0.6 is 0 Å². The molecule has 1 saturated heterocycles. The minimum atomic E-state index is -1.87. The molecule has 0 bridgehead atoms. The lowest BCUT2D eigenvalue weighted by Crippen LogP contribution is -2.60. The van der Waals surface area contributed by atoms with Crippen molar-refractivity contribution in [2.75, 3.05) is 13.2 Å². The number of carbonyl (C=O) groups excluding carboxylic acids is 2. The van der Waals surface area contributed by atoms with Crippen molar-refractivity contribution in [1.82, 2.24) is 0 Å². The van der Waals surface area contributed by atoms with Gasteiger partial charge in [-0.3, -0.25) is 9.59 Å². The summed E-state index contributed by atoms with van der Waals surface area (Å²) < 4.78 is 21.8. The Bertz CT molecular complexity index is 1350. The van der Waals surface area contributed by atoms with Crippen LogP contribution in [0.5, 0.6) is 0 Å². The van der Waals surface area contributed by atoms with Crippen molar-refractivity contribution in [3.8, 4) is 0 Å². The van der Waals surface area contributed by atoms with Crippen molar-refractivity contribution in [2.24, 2.45) is 0 Å². The number of carbonyl (C=O) groups is 3. The summed E-state index contributed by atoms with van der Waals surface area (Å²) in [5.41, 5.74) is 0. The molecule has 0 aliphatic carbocycles. The summed E-state index contributed by atoms with van der Waals surface area (Å²) in [7, 11) is 0. The second-order valence-electron chi connectivity index (χ2n) is 17.3. The van der Waals surface area contributed by atoms with Crippen molar-refractivity contribution < 1.29 is 53.8 Å². The predicted molar refractivity (Wildman–Crippen MR) is 261 cm³/mol. The molecule has 11 nitrogen and oxygen atoms in total. The summed E-state index contributed by atoms with van der Waals surface area (Å²) in [6.07, 6.45) is 46.6. The summed E-state index contributed by atoms with van der Waals surface area (Å²) in [5.74, 6) is -2.47. The molecule has 0 amide bonds. The molecule has 1 heterocycles. The molecule has 0 radical (unpaired) electrons. The van der Waals surface area contributed by atoms with E-state index in [0.29, 0.717) is 12.8 Å². The third-order valence-electron chi connectivity index (χ3n) is 11.3. The Labute approximate surface area is 393 Å². The smallest absolute Gasteiger partial charge is 0.335 e. The first kappa shape index (κ1) is 59.7. The average molecular weight is 915 g/mol. The molecule has 0 saturated carbocycles. The van der Waals surface area contributed by atoms with Gasteiger partial charge >= 0.3 is 17.9 Å². The van der Waals surface area contributed by atoms with E-state index in [9.17, 15) is 34.8 Å². The molecule has 1 rings (SSSR count). The van der Waals surface area contributed by atoms with Gasteiger partial charge in [0.2, 0.25) is 0 Å². The predicted octanol–water partition coefficient (Wildman–Crippen LogP) is 12.0. The third kappa shape index (κ3) is 34.6. The van der Waals surface area contributed by atoms with E-state index < -0.39 is 61.3 Å². The Balaban J connectivity index is 2.30. The normalized spacial score (nSPS) is 19.8. The first-order chi connectivity index (χ1) is 31.7. The van der Waals surface area contributed by atoms with Crippen molar-refractivity contribution >= 4 is 17.9 Å². The molecule has 11 heteroatoms. The fraction of sp³-hybridized carbons (Fsp3) is 0.722. The molecule has 6 atom stereocenters. The quantitative estimate of drug-likeness (QED) is 0.0261. The summed E-state index contributed by atoms with van der Waals surface area (Å²) in [5, 5.41) is 39.9. The van der Waals surface area contributed by atoms with Gasteiger partial charge in [-0.15, -0.1) is 0 Å². The lowest BCUT2D eigenvalue weighted by Gasteiger charge is -2.38. The number of carboxylic acid groups (broad SMARTS) is 1. The highest BCUT2D eigenvalue weighted by Crippen LogP contribution is 2.23. The molecular formula is C54H90O11. The zero-order valence-electron chi connectivity index (χ0n) is 40.5. The number of carboxylic acids is 1. The van der Waals surface area contributed by atoms with E-state index >= 15 is 0 Å². The van der Waals surface area contributed by atoms with E-state index in [4.69, 9.17) is 18.9 Å². The van der Waals surface area contributed by atoms with Crippen LogP contribution < -0.4 is 0 Å². The second kappa shape index (κ2) is 43.2. The van der Waals surface area contributed by atoms with E-state index in [1.54, 1.807) is 0 Å². The molecule has 6 unspecified atom stereocenters. The maximum atomic E-state index is 12.8. The summed E-state index contributed by atoms with van der Waals surface area (Å²) in [6, 6.07) is 0. The molecule has 1 aliphatic rings. The van der Waals surface area contributed by atoms with Gasteiger partial charge in [0, 0.05) is 12.8 Å². The minimum absolute atomic E-state index is 0.163. The Morgan fingerprint density at radius 3 is 1.37 bits per heavy atom. The molecule has 0 spiro atoms. The Hall–Kier alpha value is -3.35. The number of hydrogen-bond acceptors (Lipinski definition) is 10. The van der Waals surface area contributed by atoms with Gasteiger partial charge < -0.3 is 39.4 Å². The molecule has 1 aliphatic heterocycles. The van der Waals surface area contributed by atoms with E-state index in [1.807, 2.05) is 0 Å². The molecule has 372 valence electrons. The number of esters is 2. The molecule has 0 aromatic heterocycles. The summed E-state index contributed by atoms with van der Waals surface area (Å²) in [4.78, 5) is 37.0. The SMILES string of the molecule is CC/C=C\C/C=C\C/C=C\C/C=C\CCCCCCCCCCCCC(=O)OCC(COC1OC(C(=O)O)C(O)C(O)C1O)OC(=O)CCCCCCC/C=C\C/C=C\CCCCCC. The Kier molecular flexibility index (Phi) is 39.7. The molecule has 0 aromatic carbocycles. The van der Waals surface area contributed by atoms with Gasteiger partial charge in [0.05, 0.1) is 6.61 Å². The number of aliphatic hydroxyl groups is 3. The van der Waals surface area contributed by atoms with E-state index in [2.05, 4.69) is 86.8 Å². The Morgan fingerprint density at radius 1 is 0.492 bits per heavy atom. The van der Waals surface area contributed by atoms with E-state index in [-0.39, 0.29) is 19.4 Å². The van der Waals surface area contributed by atoms with Crippen LogP contribution in [0.4, 0.5) is 0 Å². The monoisotopic (exact) mass is 915 g/mol. The highest BCUT2D eigenvalue weighted by atomic mass is 16.7. The van der Waals surface area contributed by atoms with Crippen molar-refractivity contribution in [3.05, 3.63) is 72.9 Å². The topological polar surface area (TPSA) is 169 Å².